The fourth-order valence-corrected chi connectivity index (χ4v) is 4.04. The summed E-state index contributed by atoms with van der Waals surface area (Å²) in [7, 11) is 0. The number of benzene rings is 1. The van der Waals surface area contributed by atoms with Crippen molar-refractivity contribution in [2.75, 3.05) is 5.73 Å². The molecule has 2 unspecified atom stereocenters. The molecule has 1 heterocycles. The van der Waals surface area contributed by atoms with Gasteiger partial charge in [-0.15, -0.1) is 0 Å². The van der Waals surface area contributed by atoms with Gasteiger partial charge >= 0.3 is 0 Å². The Morgan fingerprint density at radius 2 is 2.00 bits per heavy atom. The Morgan fingerprint density at radius 3 is 2.72 bits per heavy atom. The van der Waals surface area contributed by atoms with Crippen LogP contribution in [0.4, 0.5) is 5.82 Å². The number of nitrogen functional groups attached to an aromatic ring is 1. The first-order chi connectivity index (χ1) is 12.2. The number of fused-ring (bicyclic) bond motifs is 1. The van der Waals surface area contributed by atoms with Gasteiger partial charge in [0, 0.05) is 12.0 Å². The van der Waals surface area contributed by atoms with Gasteiger partial charge in [0.2, 0.25) is 0 Å². The summed E-state index contributed by atoms with van der Waals surface area (Å²) in [6.07, 6.45) is 6.57. The molecule has 2 aromatic rings. The molecule has 2 aliphatic carbocycles. The zero-order valence-electron chi connectivity index (χ0n) is 14.5. The van der Waals surface area contributed by atoms with Gasteiger partial charge in [-0.1, -0.05) is 37.1 Å². The molecule has 0 spiro atoms. The van der Waals surface area contributed by atoms with Gasteiger partial charge in [0.1, 0.15) is 17.5 Å². The van der Waals surface area contributed by atoms with Gasteiger partial charge in [0.05, 0.1) is 12.2 Å². The molecule has 0 saturated heterocycles. The lowest BCUT2D eigenvalue weighted by Gasteiger charge is -2.23. The molecule has 0 bridgehead atoms. The third kappa shape index (κ3) is 3.27. The van der Waals surface area contributed by atoms with Crippen LogP contribution >= 0.6 is 0 Å². The monoisotopic (exact) mass is 335 g/mol. The highest BCUT2D eigenvalue weighted by Crippen LogP contribution is 2.36. The smallest absolute Gasteiger partial charge is 0.140 e. The second kappa shape index (κ2) is 6.53. The van der Waals surface area contributed by atoms with Crippen LogP contribution in [0.2, 0.25) is 0 Å². The molecular weight excluding hydrogens is 310 g/mol. The number of nitrogens with zero attached hydrogens (tertiary/aromatic N) is 3. The second-order valence-corrected chi connectivity index (χ2v) is 7.59. The summed E-state index contributed by atoms with van der Waals surface area (Å²) in [5, 5.41) is 14.3. The largest absolute Gasteiger partial charge is 0.383 e. The van der Waals surface area contributed by atoms with E-state index in [-0.39, 0.29) is 12.0 Å². The van der Waals surface area contributed by atoms with E-state index in [1.807, 2.05) is 0 Å². The molecule has 5 heteroatoms. The number of rotatable bonds is 5. The van der Waals surface area contributed by atoms with Crippen molar-refractivity contribution in [1.29, 1.82) is 5.26 Å². The van der Waals surface area contributed by atoms with Gasteiger partial charge in [-0.05, 0) is 42.7 Å². The predicted molar refractivity (Wildman–Crippen MR) is 97.9 cm³/mol. The van der Waals surface area contributed by atoms with Crippen molar-refractivity contribution >= 4 is 5.82 Å². The minimum absolute atomic E-state index is 0.0566. The Hall–Kier alpha value is -2.32. The maximum atomic E-state index is 9.61. The molecular formula is C20H25N5. The standard InChI is InChI=1S/C20H25N5/c21-11-18-19(16-8-7-14-3-1-2-4-15(14)10-16)24-25(20(18)23)12-17(22)9-13-5-6-13/h1-4,13,16-17H,5-10,12,22-23H2. The molecule has 4 N–H and O–H groups in total. The van der Waals surface area contributed by atoms with Crippen LogP contribution in [0.25, 0.3) is 0 Å². The van der Waals surface area contributed by atoms with Crippen LogP contribution in [0.3, 0.4) is 0 Å². The fourth-order valence-electron chi connectivity index (χ4n) is 4.04. The van der Waals surface area contributed by atoms with E-state index in [9.17, 15) is 5.26 Å². The third-order valence-corrected chi connectivity index (χ3v) is 5.60. The third-order valence-electron chi connectivity index (χ3n) is 5.60. The van der Waals surface area contributed by atoms with Gasteiger partial charge in [0.15, 0.2) is 0 Å². The Bertz CT molecular complexity index is 812. The van der Waals surface area contributed by atoms with E-state index < -0.39 is 0 Å². The summed E-state index contributed by atoms with van der Waals surface area (Å²) in [5.41, 5.74) is 16.7. The van der Waals surface area contributed by atoms with Crippen molar-refractivity contribution in [2.45, 2.75) is 57.0 Å². The molecule has 5 nitrogen and oxygen atoms in total. The topological polar surface area (TPSA) is 93.6 Å². The van der Waals surface area contributed by atoms with Crippen molar-refractivity contribution in [2.24, 2.45) is 11.7 Å². The van der Waals surface area contributed by atoms with Gasteiger partial charge < -0.3 is 11.5 Å². The van der Waals surface area contributed by atoms with Crippen LogP contribution in [-0.4, -0.2) is 15.8 Å². The van der Waals surface area contributed by atoms with Crippen LogP contribution in [0.15, 0.2) is 24.3 Å². The molecule has 2 aliphatic rings. The lowest BCUT2D eigenvalue weighted by atomic mass is 9.81. The summed E-state index contributed by atoms with van der Waals surface area (Å²) in [6, 6.07) is 10.9. The summed E-state index contributed by atoms with van der Waals surface area (Å²) in [5.74, 6) is 1.51. The lowest BCUT2D eigenvalue weighted by Crippen LogP contribution is -2.28. The zero-order chi connectivity index (χ0) is 17.4. The highest BCUT2D eigenvalue weighted by Gasteiger charge is 2.28. The Kier molecular flexibility index (Phi) is 4.22. The molecule has 0 aliphatic heterocycles. The van der Waals surface area contributed by atoms with E-state index in [2.05, 4.69) is 30.3 Å². The van der Waals surface area contributed by atoms with Crippen LogP contribution in [0.1, 0.15) is 54.0 Å². The molecule has 0 amide bonds. The average Bonchev–Trinajstić information content (AvgIpc) is 3.38. The molecule has 1 aromatic carbocycles. The second-order valence-electron chi connectivity index (χ2n) is 7.59. The molecule has 2 atom stereocenters. The number of nitrogens with two attached hydrogens (primary N) is 2. The van der Waals surface area contributed by atoms with Crippen molar-refractivity contribution in [3.05, 3.63) is 46.6 Å². The van der Waals surface area contributed by atoms with E-state index in [1.54, 1.807) is 4.68 Å². The van der Waals surface area contributed by atoms with Gasteiger partial charge in [-0.25, -0.2) is 4.68 Å². The maximum absolute atomic E-state index is 9.61. The lowest BCUT2D eigenvalue weighted by molar-refractivity contribution is 0.461. The summed E-state index contributed by atoms with van der Waals surface area (Å²) < 4.78 is 1.77. The number of nitriles is 1. The SMILES string of the molecule is N#Cc1c(C2CCc3ccccc3C2)nn(CC(N)CC2CC2)c1N. The minimum atomic E-state index is 0.0566. The van der Waals surface area contributed by atoms with Crippen molar-refractivity contribution in [3.63, 3.8) is 0 Å². The molecule has 1 fully saturated rings. The quantitative estimate of drug-likeness (QED) is 0.878. The normalized spacial score (nSPS) is 20.7. The summed E-state index contributed by atoms with van der Waals surface area (Å²) in [6.45, 7) is 0.598. The van der Waals surface area contributed by atoms with Crippen molar-refractivity contribution in [1.82, 2.24) is 9.78 Å². The van der Waals surface area contributed by atoms with Crippen LogP contribution in [0.5, 0.6) is 0 Å². The van der Waals surface area contributed by atoms with E-state index in [1.165, 1.54) is 24.0 Å². The number of hydrogen-bond donors (Lipinski definition) is 2. The number of aryl methyl sites for hydroxylation is 1. The molecule has 130 valence electrons. The first kappa shape index (κ1) is 16.2. The van der Waals surface area contributed by atoms with Gasteiger partial charge in [-0.2, -0.15) is 10.4 Å². The van der Waals surface area contributed by atoms with E-state index in [4.69, 9.17) is 16.6 Å². The molecule has 1 aromatic heterocycles. The minimum Gasteiger partial charge on any atom is -0.383 e. The number of aromatic nitrogens is 2. The number of anilines is 1. The predicted octanol–water partition coefficient (Wildman–Crippen LogP) is 2.74. The van der Waals surface area contributed by atoms with Crippen LogP contribution in [0, 0.1) is 17.2 Å². The first-order valence-corrected chi connectivity index (χ1v) is 9.24. The zero-order valence-corrected chi connectivity index (χ0v) is 14.5. The summed E-state index contributed by atoms with van der Waals surface area (Å²) in [4.78, 5) is 0. The number of hydrogen-bond acceptors (Lipinski definition) is 4. The Morgan fingerprint density at radius 1 is 1.24 bits per heavy atom. The van der Waals surface area contributed by atoms with Crippen molar-refractivity contribution in [3.8, 4) is 6.07 Å². The first-order valence-electron chi connectivity index (χ1n) is 9.24. The highest BCUT2D eigenvalue weighted by molar-refractivity contribution is 5.53. The summed E-state index contributed by atoms with van der Waals surface area (Å²) >= 11 is 0. The van der Waals surface area contributed by atoms with Crippen LogP contribution < -0.4 is 11.5 Å². The Balaban J connectivity index is 1.57. The van der Waals surface area contributed by atoms with E-state index in [0.717, 1.165) is 37.3 Å². The van der Waals surface area contributed by atoms with Gasteiger partial charge in [-0.3, -0.25) is 0 Å². The average molecular weight is 335 g/mol. The van der Waals surface area contributed by atoms with Crippen molar-refractivity contribution < 1.29 is 0 Å². The fraction of sp³-hybridized carbons (Fsp3) is 0.500. The maximum Gasteiger partial charge on any atom is 0.140 e. The molecule has 4 rings (SSSR count). The Labute approximate surface area is 148 Å². The van der Waals surface area contributed by atoms with Crippen LogP contribution in [-0.2, 0) is 19.4 Å². The van der Waals surface area contributed by atoms with E-state index in [0.29, 0.717) is 17.9 Å². The molecule has 25 heavy (non-hydrogen) atoms. The highest BCUT2D eigenvalue weighted by atomic mass is 15.3. The van der Waals surface area contributed by atoms with Gasteiger partial charge in [0.25, 0.3) is 0 Å². The molecule has 0 radical (unpaired) electrons. The molecule has 1 saturated carbocycles. The van der Waals surface area contributed by atoms with E-state index >= 15 is 0 Å².